The number of hydrogen-bond acceptors (Lipinski definition) is 2. The maximum absolute atomic E-state index is 11.4. The van der Waals surface area contributed by atoms with Crippen LogP contribution in [-0.2, 0) is 4.74 Å². The zero-order valence-corrected chi connectivity index (χ0v) is 10.8. The highest BCUT2D eigenvalue weighted by atomic mass is 79.9. The Labute approximate surface area is 98.8 Å². The predicted octanol–water partition coefficient (Wildman–Crippen LogP) is 3.75. The summed E-state index contributed by atoms with van der Waals surface area (Å²) in [5.41, 5.74) is 1.79. The molecule has 0 spiro atoms. The minimum Gasteiger partial charge on any atom is -0.462 e. The zero-order chi connectivity index (χ0) is 11.4. The van der Waals surface area contributed by atoms with Crippen LogP contribution in [-0.4, -0.2) is 12.6 Å². The first-order chi connectivity index (χ1) is 7.06. The van der Waals surface area contributed by atoms with E-state index in [0.717, 1.165) is 4.47 Å². The molecular formula is C12H15BrO2. The van der Waals surface area contributed by atoms with Crippen LogP contribution in [0.1, 0.15) is 42.6 Å². The summed E-state index contributed by atoms with van der Waals surface area (Å²) >= 11 is 3.46. The van der Waals surface area contributed by atoms with Gasteiger partial charge in [0.1, 0.15) is 0 Å². The molecule has 82 valence electrons. The van der Waals surface area contributed by atoms with Crippen molar-refractivity contribution in [1.82, 2.24) is 0 Å². The van der Waals surface area contributed by atoms with Gasteiger partial charge >= 0.3 is 5.97 Å². The number of carbonyl (C=O) groups is 1. The van der Waals surface area contributed by atoms with Crippen LogP contribution in [0.15, 0.2) is 22.7 Å². The van der Waals surface area contributed by atoms with Gasteiger partial charge in [-0.3, -0.25) is 0 Å². The second kappa shape index (κ2) is 5.31. The Bertz CT molecular complexity index is 359. The lowest BCUT2D eigenvalue weighted by Gasteiger charge is -2.09. The van der Waals surface area contributed by atoms with E-state index in [2.05, 4.69) is 29.8 Å². The Morgan fingerprint density at radius 2 is 2.13 bits per heavy atom. The molecule has 1 aromatic carbocycles. The Hall–Kier alpha value is -0.830. The number of hydrogen-bond donors (Lipinski definition) is 0. The summed E-state index contributed by atoms with van der Waals surface area (Å²) in [4.78, 5) is 11.4. The van der Waals surface area contributed by atoms with Crippen molar-refractivity contribution >= 4 is 21.9 Å². The lowest BCUT2D eigenvalue weighted by atomic mass is 10.0. The minimum absolute atomic E-state index is 0.270. The van der Waals surface area contributed by atoms with Gasteiger partial charge in [-0.2, -0.15) is 0 Å². The predicted molar refractivity (Wildman–Crippen MR) is 64.2 cm³/mol. The molecule has 15 heavy (non-hydrogen) atoms. The van der Waals surface area contributed by atoms with E-state index in [1.54, 1.807) is 13.0 Å². The van der Waals surface area contributed by atoms with Crippen LogP contribution in [0.2, 0.25) is 0 Å². The average Bonchev–Trinajstić information content (AvgIpc) is 2.17. The molecule has 0 radical (unpaired) electrons. The highest BCUT2D eigenvalue weighted by molar-refractivity contribution is 9.10. The number of ether oxygens (including phenoxy) is 1. The summed E-state index contributed by atoms with van der Waals surface area (Å²) in [6, 6.07) is 5.58. The van der Waals surface area contributed by atoms with Crippen LogP contribution in [0.4, 0.5) is 0 Å². The molecule has 1 aromatic rings. The standard InChI is InChI=1S/C12H15BrO2/c1-4-15-12(14)9-5-6-10(8(2)3)11(13)7-9/h5-8H,4H2,1-3H3. The number of rotatable bonds is 3. The molecule has 0 saturated carbocycles. The van der Waals surface area contributed by atoms with Gasteiger partial charge in [-0.15, -0.1) is 0 Å². The van der Waals surface area contributed by atoms with Crippen LogP contribution >= 0.6 is 15.9 Å². The van der Waals surface area contributed by atoms with Gasteiger partial charge in [0.2, 0.25) is 0 Å². The molecule has 0 heterocycles. The summed E-state index contributed by atoms with van der Waals surface area (Å²) in [5.74, 6) is 0.170. The number of benzene rings is 1. The van der Waals surface area contributed by atoms with Gasteiger partial charge in [-0.25, -0.2) is 4.79 Å². The summed E-state index contributed by atoms with van der Waals surface area (Å²) in [5, 5.41) is 0. The molecule has 0 aromatic heterocycles. The number of esters is 1. The van der Waals surface area contributed by atoms with Gasteiger partial charge < -0.3 is 4.74 Å². The highest BCUT2D eigenvalue weighted by Crippen LogP contribution is 2.25. The van der Waals surface area contributed by atoms with Crippen LogP contribution < -0.4 is 0 Å². The lowest BCUT2D eigenvalue weighted by Crippen LogP contribution is -2.05. The molecule has 2 nitrogen and oxygen atoms in total. The third-order valence-corrected chi connectivity index (χ3v) is 2.82. The molecule has 0 atom stereocenters. The van der Waals surface area contributed by atoms with Crippen LogP contribution in [0, 0.1) is 0 Å². The molecule has 0 aliphatic rings. The lowest BCUT2D eigenvalue weighted by molar-refractivity contribution is 0.0526. The van der Waals surface area contributed by atoms with Crippen molar-refractivity contribution in [3.8, 4) is 0 Å². The Morgan fingerprint density at radius 3 is 2.60 bits per heavy atom. The summed E-state index contributed by atoms with van der Waals surface area (Å²) in [7, 11) is 0. The van der Waals surface area contributed by atoms with E-state index in [-0.39, 0.29) is 5.97 Å². The molecule has 1 rings (SSSR count). The topological polar surface area (TPSA) is 26.3 Å². The van der Waals surface area contributed by atoms with Gasteiger partial charge in [0, 0.05) is 4.47 Å². The Morgan fingerprint density at radius 1 is 1.47 bits per heavy atom. The minimum atomic E-state index is -0.270. The normalized spacial score (nSPS) is 10.5. The van der Waals surface area contributed by atoms with Crippen molar-refractivity contribution in [3.63, 3.8) is 0 Å². The van der Waals surface area contributed by atoms with Crippen LogP contribution in [0.5, 0.6) is 0 Å². The monoisotopic (exact) mass is 270 g/mol. The first kappa shape index (κ1) is 12.2. The van der Waals surface area contributed by atoms with Crippen molar-refractivity contribution in [1.29, 1.82) is 0 Å². The molecule has 3 heteroatoms. The third kappa shape index (κ3) is 3.06. The Kier molecular flexibility index (Phi) is 4.33. The van der Waals surface area contributed by atoms with Gasteiger partial charge in [-0.1, -0.05) is 35.8 Å². The van der Waals surface area contributed by atoms with Gasteiger partial charge in [0.05, 0.1) is 12.2 Å². The number of carbonyl (C=O) groups excluding carboxylic acids is 1. The fourth-order valence-corrected chi connectivity index (χ4v) is 2.17. The van der Waals surface area contributed by atoms with E-state index >= 15 is 0 Å². The molecule has 0 fully saturated rings. The zero-order valence-electron chi connectivity index (χ0n) is 9.21. The quantitative estimate of drug-likeness (QED) is 0.782. The van der Waals surface area contributed by atoms with Crippen molar-refractivity contribution in [2.45, 2.75) is 26.7 Å². The van der Waals surface area contributed by atoms with E-state index < -0.39 is 0 Å². The summed E-state index contributed by atoms with van der Waals surface area (Å²) < 4.78 is 5.88. The van der Waals surface area contributed by atoms with Crippen molar-refractivity contribution in [2.24, 2.45) is 0 Å². The SMILES string of the molecule is CCOC(=O)c1ccc(C(C)C)c(Br)c1. The summed E-state index contributed by atoms with van der Waals surface area (Å²) in [6.07, 6.45) is 0. The fourth-order valence-electron chi connectivity index (χ4n) is 1.34. The molecule has 0 unspecified atom stereocenters. The molecule has 0 bridgehead atoms. The van der Waals surface area contributed by atoms with Crippen molar-refractivity contribution < 1.29 is 9.53 Å². The van der Waals surface area contributed by atoms with Crippen LogP contribution in [0.25, 0.3) is 0 Å². The molecule has 0 N–H and O–H groups in total. The molecule has 0 aliphatic carbocycles. The van der Waals surface area contributed by atoms with E-state index in [0.29, 0.717) is 18.1 Å². The van der Waals surface area contributed by atoms with Crippen LogP contribution in [0.3, 0.4) is 0 Å². The summed E-state index contributed by atoms with van der Waals surface area (Å²) in [6.45, 7) is 6.44. The Balaban J connectivity index is 2.96. The number of halogens is 1. The van der Waals surface area contributed by atoms with E-state index in [1.165, 1.54) is 5.56 Å². The van der Waals surface area contributed by atoms with Gasteiger partial charge in [0.25, 0.3) is 0 Å². The maximum atomic E-state index is 11.4. The van der Waals surface area contributed by atoms with Gasteiger partial charge in [0.15, 0.2) is 0 Å². The van der Waals surface area contributed by atoms with E-state index in [1.807, 2.05) is 12.1 Å². The molecule has 0 aliphatic heterocycles. The van der Waals surface area contributed by atoms with E-state index in [9.17, 15) is 4.79 Å². The first-order valence-corrected chi connectivity index (χ1v) is 5.82. The third-order valence-electron chi connectivity index (χ3n) is 2.13. The van der Waals surface area contributed by atoms with Crippen molar-refractivity contribution in [3.05, 3.63) is 33.8 Å². The smallest absolute Gasteiger partial charge is 0.338 e. The molecular weight excluding hydrogens is 256 g/mol. The second-order valence-corrected chi connectivity index (χ2v) is 4.47. The fraction of sp³-hybridized carbons (Fsp3) is 0.417. The van der Waals surface area contributed by atoms with Crippen molar-refractivity contribution in [2.75, 3.05) is 6.61 Å². The molecule has 0 saturated heterocycles. The van der Waals surface area contributed by atoms with Gasteiger partial charge in [-0.05, 0) is 30.5 Å². The van der Waals surface area contributed by atoms with E-state index in [4.69, 9.17) is 4.74 Å². The molecule has 0 amide bonds. The highest BCUT2D eigenvalue weighted by Gasteiger charge is 2.10. The maximum Gasteiger partial charge on any atom is 0.338 e. The largest absolute Gasteiger partial charge is 0.462 e. The first-order valence-electron chi connectivity index (χ1n) is 5.02. The second-order valence-electron chi connectivity index (χ2n) is 3.61. The average molecular weight is 271 g/mol.